The van der Waals surface area contributed by atoms with Gasteiger partial charge in [0.05, 0.1) is 12.5 Å². The third kappa shape index (κ3) is 23.7. The first kappa shape index (κ1) is 67.2. The molecule has 0 fully saturated rings. The summed E-state index contributed by atoms with van der Waals surface area (Å²) in [5.41, 5.74) is 3.84. The van der Waals surface area contributed by atoms with Crippen molar-refractivity contribution < 1.29 is 84.1 Å². The standard InChI is InChI=1S/C29H40O6.C29H44O6.Al.FH.Li.H2.4H/c1-4-5-6-7-8-9-10-11-12-26-25-18-17-24(34-21-32-3)19-27(25)35-29(30)28(26)22-13-15-23(16-14-22)33-20-31-2;1-4-5-6-7-8-9-10-11-12-26(27-18-17-25(19-29(27)31)35-22-33-3)28(20-30)23-13-15-24(16-14-23)34-21-32-2;;;;;;;;/h13-19,26,28H,4-12,20-21H2,1-3H3;13-19,26,28,30-31H,4-12,20-22H2,1-3H3;;1H;;1H;;;;/q;;;;+1;;;;;-1/t2*26-,28-;;;;;;;;/m11......../s1/i;;;;;1+2;;;;. The molecule has 0 bridgehead atoms. The summed E-state index contributed by atoms with van der Waals surface area (Å²) < 4.78 is 47.8. The van der Waals surface area contributed by atoms with Crippen molar-refractivity contribution in [2.45, 2.75) is 153 Å². The van der Waals surface area contributed by atoms with E-state index in [-0.39, 0.29) is 113 Å². The maximum absolute atomic E-state index is 13.2. The Labute approximate surface area is 462 Å². The number of esters is 1. The van der Waals surface area contributed by atoms with Crippen LogP contribution in [0.1, 0.15) is 178 Å². The number of phenols is 1. The Morgan fingerprint density at radius 2 is 1.01 bits per heavy atom. The van der Waals surface area contributed by atoms with Crippen molar-refractivity contribution in [3.05, 3.63) is 107 Å². The third-order valence-electron chi connectivity index (χ3n) is 13.0. The second kappa shape index (κ2) is 40.5. The predicted molar refractivity (Wildman–Crippen MR) is 291 cm³/mol. The second-order valence-corrected chi connectivity index (χ2v) is 18.2. The monoisotopic (exact) mass is 1030 g/mol. The van der Waals surface area contributed by atoms with Gasteiger partial charge in [-0.1, -0.05) is 153 Å². The summed E-state index contributed by atoms with van der Waals surface area (Å²) in [6.07, 6.45) is 21.8. The van der Waals surface area contributed by atoms with E-state index in [1.54, 1.807) is 40.6 Å². The fourth-order valence-electron chi connectivity index (χ4n) is 9.26. The van der Waals surface area contributed by atoms with Crippen LogP contribution in [0.2, 0.25) is 0 Å². The number of aliphatic hydroxyl groups is 1. The van der Waals surface area contributed by atoms with E-state index in [1.807, 2.05) is 72.8 Å². The number of rotatable bonds is 35. The quantitative estimate of drug-likeness (QED) is 0.0149. The number of unbranched alkanes of at least 4 members (excludes halogenated alkanes) is 14. The summed E-state index contributed by atoms with van der Waals surface area (Å²) in [6, 6.07) is 26.6. The molecule has 15 heteroatoms. The maximum atomic E-state index is 13.2. The van der Waals surface area contributed by atoms with E-state index in [2.05, 4.69) is 13.8 Å². The Hall–Kier alpha value is -3.79. The van der Waals surface area contributed by atoms with Crippen molar-refractivity contribution >= 4 is 23.3 Å². The number of methoxy groups -OCH3 is 4. The first-order chi connectivity index (χ1) is 34.3. The number of aliphatic hydroxyl groups excluding tert-OH is 1. The average molecular weight is 1040 g/mol. The van der Waals surface area contributed by atoms with Crippen LogP contribution in [0.4, 0.5) is 4.70 Å². The minimum absolute atomic E-state index is 0. The molecule has 0 saturated heterocycles. The molecule has 0 spiro atoms. The average Bonchev–Trinajstić information content (AvgIpc) is 3.38. The number of ether oxygens (including phenoxy) is 9. The molecule has 0 amide bonds. The topological polar surface area (TPSA) is 141 Å². The number of halogens is 1. The molecule has 1 heterocycles. The van der Waals surface area contributed by atoms with E-state index in [9.17, 15) is 15.0 Å². The number of carbonyl (C=O) groups excluding carboxylic acids is 1. The molecule has 0 radical (unpaired) electrons. The summed E-state index contributed by atoms with van der Waals surface area (Å²) in [5, 5.41) is 21.3. The van der Waals surface area contributed by atoms with Gasteiger partial charge in [-0.05, 0) is 77.4 Å². The summed E-state index contributed by atoms with van der Waals surface area (Å²) in [5.74, 6) is 2.68. The van der Waals surface area contributed by atoms with Gasteiger partial charge in [0.1, 0.15) is 34.5 Å². The molecule has 4 aromatic rings. The van der Waals surface area contributed by atoms with Gasteiger partial charge < -0.3 is 54.3 Å². The SMILES string of the molecule is CCCCCCCCCC[C@@H]1c2ccc(OCOC)cc2OC(=O)[C@@H]1c1ccc(OCOC)cc1.CCCCCCCCCC[C@H](c1ccc(OCOC)cc1O)[C@H](CO)c1ccc(OCOC)cc1.F.[3HH].[AlH3].[H-].[Li+]. The summed E-state index contributed by atoms with van der Waals surface area (Å²) >= 11 is 0. The van der Waals surface area contributed by atoms with Crippen LogP contribution in [0.15, 0.2) is 84.9 Å². The predicted octanol–water partition coefficient (Wildman–Crippen LogP) is 10.0. The van der Waals surface area contributed by atoms with Crippen LogP contribution in [-0.4, -0.2) is 95.8 Å². The molecular formula is C58H91AlFLiO12. The number of carbonyl (C=O) groups is 1. The summed E-state index contributed by atoms with van der Waals surface area (Å²) in [4.78, 5) is 13.2. The molecule has 1 aliphatic rings. The molecule has 5 rings (SSSR count). The van der Waals surface area contributed by atoms with Gasteiger partial charge in [0.2, 0.25) is 0 Å². The van der Waals surface area contributed by atoms with E-state index in [4.69, 9.17) is 42.6 Å². The van der Waals surface area contributed by atoms with E-state index in [1.165, 1.54) is 83.5 Å². The molecule has 1 aliphatic heterocycles. The largest absolute Gasteiger partial charge is 1.00 e. The summed E-state index contributed by atoms with van der Waals surface area (Å²) in [6.45, 7) is 5.12. The first-order valence-electron chi connectivity index (χ1n) is 25.8. The van der Waals surface area contributed by atoms with Crippen LogP contribution >= 0.6 is 0 Å². The van der Waals surface area contributed by atoms with Crippen molar-refractivity contribution in [1.82, 2.24) is 0 Å². The van der Waals surface area contributed by atoms with Crippen LogP contribution < -0.4 is 42.5 Å². The zero-order chi connectivity index (χ0) is 50.2. The number of hydrogen-bond donors (Lipinski definition) is 2. The number of benzene rings is 4. The van der Waals surface area contributed by atoms with Gasteiger partial charge in [0.25, 0.3) is 0 Å². The van der Waals surface area contributed by atoms with Crippen molar-refractivity contribution in [1.29, 1.82) is 0 Å². The molecule has 12 nitrogen and oxygen atoms in total. The Bertz CT molecular complexity index is 2020. The Balaban J connectivity index is 0. The molecule has 2 N–H and O–H groups in total. The minimum atomic E-state index is -0.353. The third-order valence-corrected chi connectivity index (χ3v) is 13.0. The zero-order valence-electron chi connectivity index (χ0n) is 45.5. The fourth-order valence-corrected chi connectivity index (χ4v) is 9.26. The van der Waals surface area contributed by atoms with E-state index in [0.29, 0.717) is 23.0 Å². The van der Waals surface area contributed by atoms with E-state index >= 15 is 0 Å². The Kier molecular flexibility index (Phi) is 37.3. The van der Waals surface area contributed by atoms with E-state index in [0.717, 1.165) is 60.1 Å². The molecule has 0 aliphatic carbocycles. The molecule has 0 aromatic heterocycles. The minimum Gasteiger partial charge on any atom is -1.00 e. The Morgan fingerprint density at radius 3 is 1.51 bits per heavy atom. The van der Waals surface area contributed by atoms with Crippen molar-refractivity contribution in [2.75, 3.05) is 62.2 Å². The Morgan fingerprint density at radius 1 is 0.575 bits per heavy atom. The van der Waals surface area contributed by atoms with Gasteiger partial charge in [0, 0.05) is 53.8 Å². The molecule has 406 valence electrons. The van der Waals surface area contributed by atoms with Crippen LogP contribution in [-0.2, 0) is 23.7 Å². The van der Waals surface area contributed by atoms with Crippen molar-refractivity contribution in [2.24, 2.45) is 0 Å². The molecule has 4 aromatic carbocycles. The first-order valence-corrected chi connectivity index (χ1v) is 25.8. The number of phenolic OH excluding ortho intramolecular Hbond substituents is 1. The zero-order valence-corrected chi connectivity index (χ0v) is 44.5. The van der Waals surface area contributed by atoms with Gasteiger partial charge in [-0.2, -0.15) is 0 Å². The summed E-state index contributed by atoms with van der Waals surface area (Å²) in [7, 11) is 6.31. The molecule has 4 atom stereocenters. The van der Waals surface area contributed by atoms with Crippen LogP contribution in [0.25, 0.3) is 0 Å². The van der Waals surface area contributed by atoms with Gasteiger partial charge in [-0.15, -0.1) is 0 Å². The number of hydrogen-bond acceptors (Lipinski definition) is 12. The van der Waals surface area contributed by atoms with Gasteiger partial charge in [0.15, 0.2) is 44.5 Å². The molecule has 73 heavy (non-hydrogen) atoms. The number of fused-ring (bicyclic) bond motifs is 1. The smallest absolute Gasteiger partial charge is 1.00 e. The maximum Gasteiger partial charge on any atom is 1.00 e. The molecular weight excluding hydrogens is 942 g/mol. The van der Waals surface area contributed by atoms with Crippen LogP contribution in [0.3, 0.4) is 0 Å². The van der Waals surface area contributed by atoms with Crippen LogP contribution in [0, 0.1) is 0 Å². The van der Waals surface area contributed by atoms with Crippen molar-refractivity contribution in [3.63, 3.8) is 0 Å². The van der Waals surface area contributed by atoms with Gasteiger partial charge in [-0.25, -0.2) is 0 Å². The molecule has 0 saturated carbocycles. The molecule has 0 unspecified atom stereocenters. The van der Waals surface area contributed by atoms with Gasteiger partial charge in [-0.3, -0.25) is 9.50 Å². The van der Waals surface area contributed by atoms with Crippen molar-refractivity contribution in [3.8, 4) is 34.5 Å². The van der Waals surface area contributed by atoms with Crippen LogP contribution in [0.5, 0.6) is 34.5 Å². The number of aromatic hydroxyl groups is 1. The van der Waals surface area contributed by atoms with Gasteiger partial charge >= 0.3 is 24.8 Å². The van der Waals surface area contributed by atoms with E-state index < -0.39 is 0 Å². The second-order valence-electron chi connectivity index (χ2n) is 18.2. The normalized spacial score (nSPS) is 14.4. The fraction of sp³-hybridized carbons (Fsp3) is 0.569.